The highest BCUT2D eigenvalue weighted by molar-refractivity contribution is 5.94. The minimum absolute atomic E-state index is 0.0494. The van der Waals surface area contributed by atoms with Gasteiger partial charge >= 0.3 is 0 Å². The van der Waals surface area contributed by atoms with Gasteiger partial charge in [0.2, 0.25) is 0 Å². The molecular formula is C27H32N2O2. The fourth-order valence-corrected chi connectivity index (χ4v) is 7.10. The van der Waals surface area contributed by atoms with E-state index in [4.69, 9.17) is 0 Å². The number of nitrogens with zero attached hydrogens (tertiary/aromatic N) is 1. The van der Waals surface area contributed by atoms with Gasteiger partial charge in [-0.05, 0) is 98.2 Å². The summed E-state index contributed by atoms with van der Waals surface area (Å²) in [5.41, 5.74) is 3.86. The normalized spacial score (nSPS) is 32.1. The second-order valence-corrected chi connectivity index (χ2v) is 10.6. The maximum Gasteiger partial charge on any atom is 0.251 e. The van der Waals surface area contributed by atoms with Gasteiger partial charge in [0.1, 0.15) is 5.75 Å². The Morgan fingerprint density at radius 2 is 1.94 bits per heavy atom. The average Bonchev–Trinajstić information content (AvgIpc) is 3.54. The molecule has 0 radical (unpaired) electrons. The number of piperidine rings is 1. The van der Waals surface area contributed by atoms with Crippen LogP contribution in [0.3, 0.4) is 0 Å². The number of likely N-dealkylation sites (tertiary alicyclic amines) is 1. The van der Waals surface area contributed by atoms with Crippen LogP contribution in [0, 0.1) is 11.3 Å². The standard InChI is InChI=1S/C27H32N2O2/c30-23-9-8-21-15-26-16-22(28-25(31)20-4-2-1-3-5-20)10-11-27(26,24(21)14-23)12-13-29(18-26)17-19-6-7-19/h1-5,8-9,14,19,22,30H,6-7,10-13,15-18H2,(H,28,31)/t22-,26?,27?/m0/s1. The van der Waals surface area contributed by atoms with Gasteiger partial charge in [-0.25, -0.2) is 0 Å². The third-order valence-corrected chi connectivity index (χ3v) is 8.68. The first-order valence-corrected chi connectivity index (χ1v) is 12.0. The first-order valence-electron chi connectivity index (χ1n) is 12.0. The molecule has 6 rings (SSSR count). The summed E-state index contributed by atoms with van der Waals surface area (Å²) in [4.78, 5) is 15.6. The van der Waals surface area contributed by atoms with Crippen LogP contribution in [0.25, 0.3) is 0 Å². The van der Waals surface area contributed by atoms with E-state index in [9.17, 15) is 9.90 Å². The van der Waals surface area contributed by atoms with Crippen LogP contribution in [0.1, 0.15) is 60.0 Å². The van der Waals surface area contributed by atoms with Crippen molar-refractivity contribution in [2.75, 3.05) is 19.6 Å². The van der Waals surface area contributed by atoms with Crippen LogP contribution in [-0.2, 0) is 11.8 Å². The minimum Gasteiger partial charge on any atom is -0.508 e. The molecule has 3 fully saturated rings. The van der Waals surface area contributed by atoms with Crippen LogP contribution >= 0.6 is 0 Å². The Labute approximate surface area is 184 Å². The molecule has 3 aliphatic carbocycles. The molecule has 2 unspecified atom stereocenters. The second kappa shape index (κ2) is 7.09. The van der Waals surface area contributed by atoms with Crippen molar-refractivity contribution in [3.8, 4) is 5.75 Å². The van der Waals surface area contributed by atoms with E-state index >= 15 is 0 Å². The van der Waals surface area contributed by atoms with Crippen molar-refractivity contribution in [3.05, 3.63) is 65.2 Å². The molecule has 1 aliphatic heterocycles. The van der Waals surface area contributed by atoms with Gasteiger partial charge in [0.05, 0.1) is 0 Å². The average molecular weight is 417 g/mol. The number of carbonyl (C=O) groups excluding carboxylic acids is 1. The topological polar surface area (TPSA) is 52.6 Å². The van der Waals surface area contributed by atoms with Crippen LogP contribution < -0.4 is 5.32 Å². The lowest BCUT2D eigenvalue weighted by atomic mass is 9.52. The molecule has 1 amide bonds. The van der Waals surface area contributed by atoms with E-state index in [1.54, 1.807) is 0 Å². The van der Waals surface area contributed by atoms with Crippen molar-refractivity contribution in [2.45, 2.75) is 56.4 Å². The summed E-state index contributed by atoms with van der Waals surface area (Å²) in [5.74, 6) is 1.34. The number of nitrogens with one attached hydrogen (secondary N) is 1. The number of fused-ring (bicyclic) bond motifs is 1. The molecule has 31 heavy (non-hydrogen) atoms. The molecule has 0 bridgehead atoms. The first-order chi connectivity index (χ1) is 15.1. The molecule has 4 nitrogen and oxygen atoms in total. The van der Waals surface area contributed by atoms with Crippen LogP contribution in [0.15, 0.2) is 48.5 Å². The molecule has 1 heterocycles. The summed E-state index contributed by atoms with van der Waals surface area (Å²) >= 11 is 0. The quantitative estimate of drug-likeness (QED) is 0.783. The van der Waals surface area contributed by atoms with Crippen molar-refractivity contribution in [1.82, 2.24) is 10.2 Å². The number of phenolic OH excluding ortho intramolecular Hbond substituents is 1. The highest BCUT2D eigenvalue weighted by Gasteiger charge is 2.62. The van der Waals surface area contributed by atoms with Crippen LogP contribution in [0.4, 0.5) is 0 Å². The summed E-state index contributed by atoms with van der Waals surface area (Å²) < 4.78 is 0. The second-order valence-electron chi connectivity index (χ2n) is 10.6. The Morgan fingerprint density at radius 3 is 2.74 bits per heavy atom. The summed E-state index contributed by atoms with van der Waals surface area (Å²) in [6.45, 7) is 3.52. The van der Waals surface area contributed by atoms with Crippen molar-refractivity contribution < 1.29 is 9.90 Å². The number of hydrogen-bond acceptors (Lipinski definition) is 3. The lowest BCUT2D eigenvalue weighted by molar-refractivity contribution is -0.0321. The van der Waals surface area contributed by atoms with Gasteiger partial charge in [-0.1, -0.05) is 24.3 Å². The van der Waals surface area contributed by atoms with E-state index in [1.165, 1.54) is 36.9 Å². The zero-order chi connectivity index (χ0) is 21.1. The molecule has 3 atom stereocenters. The Kier molecular flexibility index (Phi) is 4.43. The Hall–Kier alpha value is -2.33. The maximum absolute atomic E-state index is 12.9. The molecular weight excluding hydrogens is 384 g/mol. The number of hydrogen-bond donors (Lipinski definition) is 2. The van der Waals surface area contributed by atoms with Crippen LogP contribution in [0.2, 0.25) is 0 Å². The van der Waals surface area contributed by atoms with E-state index in [0.29, 0.717) is 5.75 Å². The number of aromatic hydroxyl groups is 1. The summed E-state index contributed by atoms with van der Waals surface area (Å²) in [6, 6.07) is 15.9. The zero-order valence-corrected chi connectivity index (χ0v) is 18.1. The van der Waals surface area contributed by atoms with Gasteiger partial charge in [-0.2, -0.15) is 0 Å². The molecule has 1 saturated heterocycles. The zero-order valence-electron chi connectivity index (χ0n) is 18.1. The lowest BCUT2D eigenvalue weighted by Crippen LogP contribution is -2.61. The molecule has 2 N–H and O–H groups in total. The Morgan fingerprint density at radius 1 is 1.10 bits per heavy atom. The summed E-state index contributed by atoms with van der Waals surface area (Å²) in [7, 11) is 0. The van der Waals surface area contributed by atoms with E-state index < -0.39 is 0 Å². The molecule has 162 valence electrons. The largest absolute Gasteiger partial charge is 0.508 e. The van der Waals surface area contributed by atoms with E-state index in [2.05, 4.69) is 22.3 Å². The van der Waals surface area contributed by atoms with Gasteiger partial charge in [0, 0.05) is 30.1 Å². The number of amides is 1. The van der Waals surface area contributed by atoms with Crippen molar-refractivity contribution in [1.29, 1.82) is 0 Å². The van der Waals surface area contributed by atoms with Gasteiger partial charge in [-0.3, -0.25) is 4.79 Å². The van der Waals surface area contributed by atoms with Crippen molar-refractivity contribution in [2.24, 2.45) is 11.3 Å². The van der Waals surface area contributed by atoms with Crippen LogP contribution in [-0.4, -0.2) is 41.6 Å². The molecule has 2 aromatic rings. The van der Waals surface area contributed by atoms with E-state index in [1.807, 2.05) is 36.4 Å². The highest BCUT2D eigenvalue weighted by Crippen LogP contribution is 2.63. The molecule has 0 aromatic heterocycles. The SMILES string of the molecule is O=C(N[C@H]1CCC23CCN(CC4CC4)CC2(Cc2ccc(O)cc23)C1)c1ccccc1. The smallest absolute Gasteiger partial charge is 0.251 e. The number of carbonyl (C=O) groups is 1. The minimum atomic E-state index is 0.0494. The number of benzene rings is 2. The van der Waals surface area contributed by atoms with Gasteiger partial charge in [0.15, 0.2) is 0 Å². The lowest BCUT2D eigenvalue weighted by Gasteiger charge is -2.58. The summed E-state index contributed by atoms with van der Waals surface area (Å²) in [5, 5.41) is 13.7. The van der Waals surface area contributed by atoms with Crippen molar-refractivity contribution in [3.63, 3.8) is 0 Å². The predicted molar refractivity (Wildman–Crippen MR) is 121 cm³/mol. The third kappa shape index (κ3) is 3.18. The Bertz CT molecular complexity index is 1000. The van der Waals surface area contributed by atoms with E-state index in [0.717, 1.165) is 50.3 Å². The molecule has 4 aliphatic rings. The highest BCUT2D eigenvalue weighted by atomic mass is 16.3. The third-order valence-electron chi connectivity index (χ3n) is 8.68. The first kappa shape index (κ1) is 19.4. The number of phenols is 1. The Balaban J connectivity index is 1.30. The van der Waals surface area contributed by atoms with E-state index in [-0.39, 0.29) is 22.8 Å². The maximum atomic E-state index is 12.9. The van der Waals surface area contributed by atoms with Crippen LogP contribution in [0.5, 0.6) is 5.75 Å². The van der Waals surface area contributed by atoms with Gasteiger partial charge < -0.3 is 15.3 Å². The molecule has 2 saturated carbocycles. The van der Waals surface area contributed by atoms with Gasteiger partial charge in [-0.15, -0.1) is 0 Å². The van der Waals surface area contributed by atoms with Crippen molar-refractivity contribution >= 4 is 5.91 Å². The monoisotopic (exact) mass is 416 g/mol. The molecule has 0 spiro atoms. The summed E-state index contributed by atoms with van der Waals surface area (Å²) in [6.07, 6.45) is 8.16. The fraction of sp³-hybridized carbons (Fsp3) is 0.519. The number of rotatable bonds is 4. The molecule has 2 aromatic carbocycles. The van der Waals surface area contributed by atoms with Gasteiger partial charge in [0.25, 0.3) is 5.91 Å². The molecule has 4 heteroatoms. The predicted octanol–water partition coefficient (Wildman–Crippen LogP) is 4.27. The fourth-order valence-electron chi connectivity index (χ4n) is 7.10.